The Kier molecular flexibility index (Phi) is 7.06. The summed E-state index contributed by atoms with van der Waals surface area (Å²) in [6.07, 6.45) is 2.84. The minimum Gasteiger partial charge on any atom is -0.469 e. The van der Waals surface area contributed by atoms with E-state index in [1.165, 1.54) is 12.0 Å². The number of amides is 1. The number of rotatable bonds is 5. The van der Waals surface area contributed by atoms with E-state index < -0.39 is 6.09 Å². The summed E-state index contributed by atoms with van der Waals surface area (Å²) in [5.41, 5.74) is 0.894. The van der Waals surface area contributed by atoms with Crippen LogP contribution in [0.15, 0.2) is 30.3 Å². The topological polar surface area (TPSA) is 76.1 Å². The number of hydrogen-bond donors (Lipinski definition) is 1. The summed E-state index contributed by atoms with van der Waals surface area (Å²) in [4.78, 5) is 25.8. The van der Waals surface area contributed by atoms with Crippen LogP contribution in [0.25, 0.3) is 0 Å². The molecule has 0 unspecified atom stereocenters. The third kappa shape index (κ3) is 4.96. The third-order valence-corrected chi connectivity index (χ3v) is 4.37. The molecule has 0 spiro atoms. The molecule has 1 aliphatic rings. The minimum atomic E-state index is -0.492. The van der Waals surface area contributed by atoms with E-state index in [-0.39, 0.29) is 37.7 Å². The van der Waals surface area contributed by atoms with Gasteiger partial charge >= 0.3 is 12.1 Å². The zero-order valence-corrected chi connectivity index (χ0v) is 14.0. The lowest BCUT2D eigenvalue weighted by Gasteiger charge is -2.34. The molecular weight excluding hydrogens is 310 g/mol. The lowest BCUT2D eigenvalue weighted by Crippen LogP contribution is -2.48. The first-order chi connectivity index (χ1) is 11.7. The van der Waals surface area contributed by atoms with Crippen molar-refractivity contribution in [2.45, 2.75) is 50.8 Å². The second kappa shape index (κ2) is 9.27. The number of likely N-dealkylation sites (tertiary alicyclic amines) is 1. The van der Waals surface area contributed by atoms with Gasteiger partial charge in [0.25, 0.3) is 0 Å². The molecule has 0 saturated carbocycles. The van der Waals surface area contributed by atoms with Crippen molar-refractivity contribution >= 4 is 12.1 Å². The smallest absolute Gasteiger partial charge is 0.410 e. The Balaban J connectivity index is 2.08. The molecule has 1 aromatic rings. The fraction of sp³-hybridized carbons (Fsp3) is 0.556. The molecule has 0 bridgehead atoms. The van der Waals surface area contributed by atoms with Gasteiger partial charge in [-0.25, -0.2) is 4.79 Å². The molecule has 0 radical (unpaired) electrons. The Hall–Kier alpha value is -2.08. The Morgan fingerprint density at radius 3 is 2.46 bits per heavy atom. The first kappa shape index (κ1) is 18.3. The first-order valence-corrected chi connectivity index (χ1v) is 8.32. The van der Waals surface area contributed by atoms with Crippen LogP contribution < -0.4 is 0 Å². The molecule has 1 aromatic carbocycles. The van der Waals surface area contributed by atoms with Gasteiger partial charge in [0, 0.05) is 6.04 Å². The van der Waals surface area contributed by atoms with Gasteiger partial charge in [-0.05, 0) is 18.4 Å². The summed E-state index contributed by atoms with van der Waals surface area (Å²) in [6, 6.07) is 8.79. The van der Waals surface area contributed by atoms with Crippen molar-refractivity contribution < 1.29 is 24.2 Å². The van der Waals surface area contributed by atoms with E-state index in [9.17, 15) is 14.7 Å². The van der Waals surface area contributed by atoms with Crippen molar-refractivity contribution in [3.05, 3.63) is 35.9 Å². The highest BCUT2D eigenvalue weighted by molar-refractivity contribution is 5.73. The number of carbonyl (C=O) groups is 2. The normalized spacial score (nSPS) is 21.0. The van der Waals surface area contributed by atoms with Crippen LogP contribution in [0.4, 0.5) is 4.79 Å². The van der Waals surface area contributed by atoms with E-state index in [2.05, 4.69) is 0 Å². The number of carbonyl (C=O) groups excluding carboxylic acids is 2. The van der Waals surface area contributed by atoms with Gasteiger partial charge in [-0.15, -0.1) is 0 Å². The predicted octanol–water partition coefficient (Wildman–Crippen LogP) is 2.49. The van der Waals surface area contributed by atoms with Crippen molar-refractivity contribution in [1.82, 2.24) is 4.90 Å². The maximum absolute atomic E-state index is 12.6. The van der Waals surface area contributed by atoms with Gasteiger partial charge in [0.15, 0.2) is 0 Å². The van der Waals surface area contributed by atoms with E-state index in [1.54, 1.807) is 0 Å². The quantitative estimate of drug-likeness (QED) is 0.837. The summed E-state index contributed by atoms with van der Waals surface area (Å²) in [7, 11) is 1.33. The molecule has 2 atom stereocenters. The van der Waals surface area contributed by atoms with E-state index in [4.69, 9.17) is 9.47 Å². The molecule has 0 aromatic heterocycles. The van der Waals surface area contributed by atoms with Crippen LogP contribution in [0.3, 0.4) is 0 Å². The second-order valence-electron chi connectivity index (χ2n) is 6.00. The number of hydrogen-bond acceptors (Lipinski definition) is 5. The van der Waals surface area contributed by atoms with Crippen molar-refractivity contribution in [2.24, 2.45) is 0 Å². The van der Waals surface area contributed by atoms with Crippen LogP contribution in [0.2, 0.25) is 0 Å². The fourth-order valence-electron chi connectivity index (χ4n) is 3.08. The summed E-state index contributed by atoms with van der Waals surface area (Å²) >= 11 is 0. The lowest BCUT2D eigenvalue weighted by molar-refractivity contribution is -0.142. The highest BCUT2D eigenvalue weighted by atomic mass is 16.6. The van der Waals surface area contributed by atoms with Gasteiger partial charge in [-0.3, -0.25) is 9.69 Å². The first-order valence-electron chi connectivity index (χ1n) is 8.32. The fourth-order valence-corrected chi connectivity index (χ4v) is 3.08. The molecule has 0 aliphatic carbocycles. The number of methoxy groups -OCH3 is 1. The zero-order valence-electron chi connectivity index (χ0n) is 14.0. The molecule has 6 nitrogen and oxygen atoms in total. The van der Waals surface area contributed by atoms with Gasteiger partial charge < -0.3 is 14.6 Å². The number of aliphatic hydroxyl groups is 1. The molecular formula is C18H25NO5. The minimum absolute atomic E-state index is 0.118. The van der Waals surface area contributed by atoms with Crippen LogP contribution in [-0.4, -0.2) is 47.9 Å². The Morgan fingerprint density at radius 1 is 1.17 bits per heavy atom. The summed E-state index contributed by atoms with van der Waals surface area (Å²) < 4.78 is 10.2. The Labute approximate surface area is 142 Å². The predicted molar refractivity (Wildman–Crippen MR) is 88.2 cm³/mol. The van der Waals surface area contributed by atoms with E-state index in [1.807, 2.05) is 30.3 Å². The van der Waals surface area contributed by atoms with Crippen molar-refractivity contribution in [2.75, 3.05) is 13.7 Å². The SMILES string of the molecule is COC(=O)C[C@H]1CCCC[C@@H](CO)N1C(=O)OCc1ccccc1. The zero-order chi connectivity index (χ0) is 17.4. The molecule has 6 heteroatoms. The molecule has 1 N–H and O–H groups in total. The largest absolute Gasteiger partial charge is 0.469 e. The number of ether oxygens (including phenoxy) is 2. The number of benzene rings is 1. The summed E-state index contributed by atoms with van der Waals surface area (Å²) in [5.74, 6) is -0.362. The average molecular weight is 335 g/mol. The van der Waals surface area contributed by atoms with Crippen LogP contribution in [0, 0.1) is 0 Å². The molecule has 1 fully saturated rings. The van der Waals surface area contributed by atoms with Gasteiger partial charge in [-0.2, -0.15) is 0 Å². The molecule has 1 saturated heterocycles. The van der Waals surface area contributed by atoms with Crippen molar-refractivity contribution in [1.29, 1.82) is 0 Å². The van der Waals surface area contributed by atoms with Gasteiger partial charge in [0.1, 0.15) is 6.61 Å². The molecule has 1 aliphatic heterocycles. The number of esters is 1. The monoisotopic (exact) mass is 335 g/mol. The summed E-state index contributed by atoms with van der Waals surface area (Å²) in [6.45, 7) is 0.0252. The maximum atomic E-state index is 12.6. The molecule has 24 heavy (non-hydrogen) atoms. The van der Waals surface area contributed by atoms with Gasteiger partial charge in [-0.1, -0.05) is 43.2 Å². The van der Waals surface area contributed by atoms with Gasteiger partial charge in [0.2, 0.25) is 0 Å². The number of aliphatic hydroxyl groups excluding tert-OH is 1. The highest BCUT2D eigenvalue weighted by Crippen LogP contribution is 2.25. The van der Waals surface area contributed by atoms with Crippen LogP contribution in [0.5, 0.6) is 0 Å². The maximum Gasteiger partial charge on any atom is 0.410 e. The van der Waals surface area contributed by atoms with E-state index in [0.29, 0.717) is 12.8 Å². The highest BCUT2D eigenvalue weighted by Gasteiger charge is 2.34. The Bertz CT molecular complexity index is 533. The molecule has 1 amide bonds. The average Bonchev–Trinajstić information content (AvgIpc) is 2.82. The van der Waals surface area contributed by atoms with Crippen LogP contribution >= 0.6 is 0 Å². The van der Waals surface area contributed by atoms with E-state index >= 15 is 0 Å². The molecule has 132 valence electrons. The van der Waals surface area contributed by atoms with Gasteiger partial charge in [0.05, 0.1) is 26.2 Å². The lowest BCUT2D eigenvalue weighted by atomic mass is 10.1. The van der Waals surface area contributed by atoms with Crippen LogP contribution in [-0.2, 0) is 20.9 Å². The molecule has 1 heterocycles. The van der Waals surface area contributed by atoms with Crippen molar-refractivity contribution in [3.63, 3.8) is 0 Å². The second-order valence-corrected chi connectivity index (χ2v) is 6.00. The van der Waals surface area contributed by atoms with Crippen LogP contribution in [0.1, 0.15) is 37.7 Å². The standard InChI is InChI=1S/C18H25NO5/c1-23-17(21)11-15-9-5-6-10-16(12-20)19(15)18(22)24-13-14-7-3-2-4-8-14/h2-4,7-8,15-16,20H,5-6,9-13H2,1H3/t15-,16+/m1/s1. The third-order valence-electron chi connectivity index (χ3n) is 4.37. The van der Waals surface area contributed by atoms with Crippen molar-refractivity contribution in [3.8, 4) is 0 Å². The van der Waals surface area contributed by atoms with E-state index in [0.717, 1.165) is 18.4 Å². The molecule has 2 rings (SSSR count). The number of nitrogens with zero attached hydrogens (tertiary/aromatic N) is 1. The Morgan fingerprint density at radius 2 is 1.83 bits per heavy atom. The summed E-state index contributed by atoms with van der Waals surface area (Å²) in [5, 5.41) is 9.66.